The van der Waals surface area contributed by atoms with Gasteiger partial charge in [-0.25, -0.2) is 4.39 Å². The smallest absolute Gasteiger partial charge is 0.254 e. The van der Waals surface area contributed by atoms with Crippen LogP contribution in [0, 0.1) is 29.5 Å². The second-order valence-corrected chi connectivity index (χ2v) is 12.3. The van der Waals surface area contributed by atoms with Gasteiger partial charge in [-0.15, -0.1) is 0 Å². The van der Waals surface area contributed by atoms with Crippen LogP contribution >= 0.6 is 0 Å². The average Bonchev–Trinajstić information content (AvgIpc) is 2.98. The minimum atomic E-state index is -2.68. The first-order valence-electron chi connectivity index (χ1n) is 14.9. The Bertz CT molecular complexity index is 1580. The molecule has 0 bridgehead atoms. The first-order valence-corrected chi connectivity index (χ1v) is 14.9. The summed E-state index contributed by atoms with van der Waals surface area (Å²) in [6, 6.07) is 6.76. The molecule has 13 heteroatoms. The Hall–Kier alpha value is -4.04. The number of phenolic OH excluding ortho intramolecular Hbond substituents is 1. The highest BCUT2D eigenvalue weighted by Crippen LogP contribution is 2.51. The van der Waals surface area contributed by atoms with Crippen LogP contribution in [0.5, 0.6) is 5.75 Å². The van der Waals surface area contributed by atoms with Crippen LogP contribution in [0.2, 0.25) is 0 Å². The Morgan fingerprint density at radius 1 is 1.09 bits per heavy atom. The number of nitrogens with zero attached hydrogens (tertiary/aromatic N) is 1. The number of halogens is 1. The number of hydrogen-bond donors (Lipinski definition) is 6. The Morgan fingerprint density at radius 3 is 2.49 bits per heavy atom. The number of carbonyl (C=O) groups is 5. The number of nitrogens with one attached hydrogen (secondary N) is 2. The van der Waals surface area contributed by atoms with E-state index in [1.165, 1.54) is 18.2 Å². The van der Waals surface area contributed by atoms with Crippen molar-refractivity contribution in [3.8, 4) is 16.9 Å². The summed E-state index contributed by atoms with van der Waals surface area (Å²) in [5.41, 5.74) is 3.45. The number of fused-ring (bicyclic) bond motifs is 3. The van der Waals surface area contributed by atoms with Crippen LogP contribution in [0.1, 0.15) is 39.1 Å². The van der Waals surface area contributed by atoms with Crippen LogP contribution in [0.15, 0.2) is 30.3 Å². The molecule has 2 aromatic rings. The molecular formula is C32H37FN4O8. The van der Waals surface area contributed by atoms with E-state index in [9.17, 15) is 43.7 Å². The van der Waals surface area contributed by atoms with Crippen molar-refractivity contribution in [2.24, 2.45) is 29.4 Å². The predicted molar refractivity (Wildman–Crippen MR) is 159 cm³/mol. The number of aromatic hydroxyl groups is 1. The zero-order valence-corrected chi connectivity index (χ0v) is 25.0. The van der Waals surface area contributed by atoms with E-state index in [-0.39, 0.29) is 36.9 Å². The number of amides is 2. The van der Waals surface area contributed by atoms with Gasteiger partial charge in [0.1, 0.15) is 17.5 Å². The maximum Gasteiger partial charge on any atom is 0.254 e. The number of aliphatic hydroxyl groups excluding tert-OH is 1. The van der Waals surface area contributed by atoms with Crippen molar-refractivity contribution in [1.29, 1.82) is 0 Å². The topological polar surface area (TPSA) is 199 Å². The Balaban J connectivity index is 1.46. The SMILES string of the molecule is CNCCN(C)CCNC(=O)c1cc(-c2ccc(O)c3c2CC2CC4CC(O)C(C(N)=O)C(=O)C4(O)C(=O)C2C3=O)ccc1F. The van der Waals surface area contributed by atoms with E-state index in [0.29, 0.717) is 23.2 Å². The van der Waals surface area contributed by atoms with Crippen LogP contribution in [0.25, 0.3) is 11.1 Å². The lowest BCUT2D eigenvalue weighted by Gasteiger charge is -2.50. The lowest BCUT2D eigenvalue weighted by molar-refractivity contribution is -0.180. The molecule has 2 aromatic carbocycles. The van der Waals surface area contributed by atoms with E-state index < -0.39 is 76.1 Å². The Morgan fingerprint density at radius 2 is 1.80 bits per heavy atom. The standard InChI is InChI=1S/C32H37FN4O8/c1-35-7-9-37(2)10-8-36-31(44)20-12-15(3-5-21(20)33)18-4-6-22(38)25-19(18)13-16-11-17-14-23(39)26(30(34)43)29(42)32(17,45)28(41)24(16)27(25)40/h3-6,12,16-17,23-24,26,35,38-39,45H,7-11,13-14H2,1-2H3,(H2,34,43)(H,36,44). The third kappa shape index (κ3) is 5.54. The van der Waals surface area contributed by atoms with Crippen molar-refractivity contribution in [2.75, 3.05) is 40.3 Å². The molecular weight excluding hydrogens is 587 g/mol. The number of aliphatic hydroxyl groups is 2. The first-order chi connectivity index (χ1) is 21.3. The van der Waals surface area contributed by atoms with Gasteiger partial charge in [-0.2, -0.15) is 0 Å². The van der Waals surface area contributed by atoms with Crippen LogP contribution in [-0.4, -0.2) is 101 Å². The molecule has 5 rings (SSSR count). The zero-order chi connectivity index (χ0) is 32.8. The van der Waals surface area contributed by atoms with E-state index in [1.54, 1.807) is 6.07 Å². The van der Waals surface area contributed by atoms with E-state index in [1.807, 2.05) is 19.0 Å². The molecule has 0 radical (unpaired) electrons. The summed E-state index contributed by atoms with van der Waals surface area (Å²) < 4.78 is 14.8. The average molecular weight is 625 g/mol. The van der Waals surface area contributed by atoms with E-state index in [2.05, 4.69) is 10.6 Å². The quantitative estimate of drug-likeness (QED) is 0.203. The molecule has 0 heterocycles. The number of phenols is 1. The zero-order valence-electron chi connectivity index (χ0n) is 25.0. The van der Waals surface area contributed by atoms with Crippen molar-refractivity contribution in [3.05, 3.63) is 52.8 Å². The second-order valence-electron chi connectivity index (χ2n) is 12.3. The van der Waals surface area contributed by atoms with Crippen LogP contribution in [0.3, 0.4) is 0 Å². The summed E-state index contributed by atoms with van der Waals surface area (Å²) in [5.74, 6) is -11.1. The summed E-state index contributed by atoms with van der Waals surface area (Å²) in [6.45, 7) is 2.37. The van der Waals surface area contributed by atoms with Crippen LogP contribution < -0.4 is 16.4 Å². The highest BCUT2D eigenvalue weighted by Gasteiger charge is 2.65. The van der Waals surface area contributed by atoms with Crippen molar-refractivity contribution < 1.29 is 43.7 Å². The highest BCUT2D eigenvalue weighted by atomic mass is 19.1. The summed E-state index contributed by atoms with van der Waals surface area (Å²) in [5, 5.41) is 38.4. The lowest BCUT2D eigenvalue weighted by atomic mass is 9.53. The van der Waals surface area contributed by atoms with E-state index in [4.69, 9.17) is 5.73 Å². The van der Waals surface area contributed by atoms with Gasteiger partial charge in [-0.05, 0) is 74.2 Å². The number of carbonyl (C=O) groups excluding carboxylic acids is 5. The maximum atomic E-state index is 14.8. The van der Waals surface area contributed by atoms with Crippen molar-refractivity contribution >= 4 is 29.2 Å². The molecule has 0 saturated heterocycles. The summed E-state index contributed by atoms with van der Waals surface area (Å²) in [6.07, 6.45) is -1.66. The fourth-order valence-electron chi connectivity index (χ4n) is 7.15. The Kier molecular flexibility index (Phi) is 8.91. The third-order valence-electron chi connectivity index (χ3n) is 9.51. The fraction of sp³-hybridized carbons (Fsp3) is 0.469. The van der Waals surface area contributed by atoms with Gasteiger partial charge in [0.2, 0.25) is 5.91 Å². The molecule has 45 heavy (non-hydrogen) atoms. The van der Waals surface area contributed by atoms with Crippen molar-refractivity contribution in [3.63, 3.8) is 0 Å². The van der Waals surface area contributed by atoms with Gasteiger partial charge in [0.15, 0.2) is 23.0 Å². The number of benzene rings is 2. The molecule has 2 amide bonds. The molecule has 0 aliphatic heterocycles. The van der Waals surface area contributed by atoms with Gasteiger partial charge >= 0.3 is 0 Å². The molecule has 3 aliphatic carbocycles. The largest absolute Gasteiger partial charge is 0.507 e. The van der Waals surface area contributed by atoms with Gasteiger partial charge in [0, 0.05) is 32.1 Å². The molecule has 12 nitrogen and oxygen atoms in total. The molecule has 6 atom stereocenters. The summed E-state index contributed by atoms with van der Waals surface area (Å²) in [7, 11) is 3.74. The van der Waals surface area contributed by atoms with Gasteiger partial charge in [-0.3, -0.25) is 24.0 Å². The monoisotopic (exact) mass is 624 g/mol. The van der Waals surface area contributed by atoms with Crippen molar-refractivity contribution in [2.45, 2.75) is 31.0 Å². The minimum Gasteiger partial charge on any atom is -0.507 e. The van der Waals surface area contributed by atoms with Crippen LogP contribution in [0.4, 0.5) is 4.39 Å². The molecule has 7 N–H and O–H groups in total. The fourth-order valence-corrected chi connectivity index (χ4v) is 7.15. The normalized spacial score (nSPS) is 27.5. The number of ketones is 3. The molecule has 0 aromatic heterocycles. The van der Waals surface area contributed by atoms with E-state index >= 15 is 0 Å². The highest BCUT2D eigenvalue weighted by molar-refractivity contribution is 6.25. The van der Waals surface area contributed by atoms with Gasteiger partial charge in [0.25, 0.3) is 5.91 Å². The summed E-state index contributed by atoms with van der Waals surface area (Å²) >= 11 is 0. The van der Waals surface area contributed by atoms with Gasteiger partial charge in [0.05, 0.1) is 23.1 Å². The number of rotatable bonds is 9. The lowest BCUT2D eigenvalue weighted by Crippen LogP contribution is -2.69. The van der Waals surface area contributed by atoms with Gasteiger partial charge in [-0.1, -0.05) is 12.1 Å². The molecule has 2 saturated carbocycles. The van der Waals surface area contributed by atoms with E-state index in [0.717, 1.165) is 19.2 Å². The van der Waals surface area contributed by atoms with Gasteiger partial charge < -0.3 is 36.6 Å². The van der Waals surface area contributed by atoms with Crippen LogP contribution in [-0.2, 0) is 20.8 Å². The second kappa shape index (κ2) is 12.4. The molecule has 6 unspecified atom stereocenters. The third-order valence-corrected chi connectivity index (χ3v) is 9.51. The molecule has 0 spiro atoms. The molecule has 2 fully saturated rings. The van der Waals surface area contributed by atoms with Crippen molar-refractivity contribution in [1.82, 2.24) is 15.5 Å². The molecule has 3 aliphatic rings. The number of Topliss-reactive ketones (excluding diaryl/α,β-unsaturated/α-hetero) is 3. The minimum absolute atomic E-state index is 0.00129. The number of nitrogens with two attached hydrogens (primary N) is 1. The number of hydrogen-bond acceptors (Lipinski definition) is 10. The maximum absolute atomic E-state index is 14.8. The number of likely N-dealkylation sites (N-methyl/N-ethyl adjacent to an activating group) is 2. The number of primary amides is 1. The first kappa shape index (κ1) is 32.4. The summed E-state index contributed by atoms with van der Waals surface area (Å²) in [4.78, 5) is 67.6. The Labute approximate surface area is 258 Å². The predicted octanol–water partition coefficient (Wildman–Crippen LogP) is -0.194. The molecule has 240 valence electrons.